The van der Waals surface area contributed by atoms with Gasteiger partial charge in [0.2, 0.25) is 0 Å². The van der Waals surface area contributed by atoms with Crippen molar-refractivity contribution in [3.63, 3.8) is 0 Å². The van der Waals surface area contributed by atoms with E-state index in [0.717, 1.165) is 10.9 Å². The summed E-state index contributed by atoms with van der Waals surface area (Å²) in [6, 6.07) is 8.27. The average Bonchev–Trinajstić information content (AvgIpc) is 2.26. The van der Waals surface area contributed by atoms with Gasteiger partial charge in [-0.3, -0.25) is 0 Å². The lowest BCUT2D eigenvalue weighted by atomic mass is 9.97. The van der Waals surface area contributed by atoms with Crippen molar-refractivity contribution in [3.8, 4) is 0 Å². The smallest absolute Gasteiger partial charge is 0.316 e. The van der Waals surface area contributed by atoms with Crippen LogP contribution < -0.4 is 5.73 Å². The molecule has 0 amide bonds. The van der Waals surface area contributed by atoms with Crippen molar-refractivity contribution in [2.45, 2.75) is 19.1 Å². The molecule has 0 unspecified atom stereocenters. The maximum atomic E-state index is 12.6. The van der Waals surface area contributed by atoms with E-state index in [2.05, 4.69) is 0 Å². The molecule has 2 rings (SSSR count). The minimum atomic E-state index is -4.42. The van der Waals surface area contributed by atoms with Crippen LogP contribution in [0.3, 0.4) is 0 Å². The summed E-state index contributed by atoms with van der Waals surface area (Å²) in [5, 5.41) is 1.34. The van der Waals surface area contributed by atoms with E-state index in [9.17, 15) is 13.2 Å². The Morgan fingerprint density at radius 1 is 1.12 bits per heavy atom. The van der Waals surface area contributed by atoms with Crippen LogP contribution in [0.5, 0.6) is 0 Å². The minimum Gasteiger partial charge on any atom is -0.316 e. The Hall–Kier alpha value is -1.55. The van der Waals surface area contributed by atoms with Crippen molar-refractivity contribution < 1.29 is 13.2 Å². The molecule has 0 bridgehead atoms. The SMILES string of the molecule is Cc1ccc2cccc([C@H](N)C(F)(F)F)c2c1. The van der Waals surface area contributed by atoms with Gasteiger partial charge in [0.05, 0.1) is 0 Å². The fourth-order valence-electron chi connectivity index (χ4n) is 1.86. The molecule has 2 aromatic rings. The van der Waals surface area contributed by atoms with Crippen molar-refractivity contribution >= 4 is 10.8 Å². The van der Waals surface area contributed by atoms with Crippen LogP contribution in [-0.4, -0.2) is 6.18 Å². The number of nitrogens with two attached hydrogens (primary N) is 1. The van der Waals surface area contributed by atoms with Crippen molar-refractivity contribution in [2.24, 2.45) is 5.73 Å². The number of alkyl halides is 3. The number of hydrogen-bond donors (Lipinski definition) is 1. The number of aryl methyl sites for hydroxylation is 1. The molecule has 0 aliphatic rings. The molecule has 0 heterocycles. The summed E-state index contributed by atoms with van der Waals surface area (Å²) in [6.07, 6.45) is -4.42. The molecule has 90 valence electrons. The second-order valence-electron chi connectivity index (χ2n) is 4.09. The van der Waals surface area contributed by atoms with E-state index in [4.69, 9.17) is 5.73 Å². The van der Waals surface area contributed by atoms with E-state index in [1.807, 2.05) is 13.0 Å². The topological polar surface area (TPSA) is 26.0 Å². The highest BCUT2D eigenvalue weighted by molar-refractivity contribution is 5.86. The van der Waals surface area contributed by atoms with Crippen LogP contribution in [-0.2, 0) is 0 Å². The third-order valence-electron chi connectivity index (χ3n) is 2.76. The second kappa shape index (κ2) is 4.04. The molecule has 0 aliphatic carbocycles. The van der Waals surface area contributed by atoms with E-state index in [1.54, 1.807) is 24.3 Å². The molecule has 4 heteroatoms. The van der Waals surface area contributed by atoms with Crippen LogP contribution >= 0.6 is 0 Å². The van der Waals surface area contributed by atoms with Crippen LogP contribution in [0.2, 0.25) is 0 Å². The summed E-state index contributed by atoms with van der Waals surface area (Å²) in [6.45, 7) is 1.84. The number of rotatable bonds is 1. The van der Waals surface area contributed by atoms with Crippen molar-refractivity contribution in [3.05, 3.63) is 47.5 Å². The van der Waals surface area contributed by atoms with Crippen molar-refractivity contribution in [1.82, 2.24) is 0 Å². The fraction of sp³-hybridized carbons (Fsp3) is 0.231. The number of benzene rings is 2. The minimum absolute atomic E-state index is 0.124. The molecule has 1 nitrogen and oxygen atoms in total. The first-order chi connectivity index (χ1) is 7.89. The summed E-state index contributed by atoms with van der Waals surface area (Å²) in [5.74, 6) is 0. The highest BCUT2D eigenvalue weighted by atomic mass is 19.4. The van der Waals surface area contributed by atoms with Gasteiger partial charge in [-0.1, -0.05) is 42.0 Å². The van der Waals surface area contributed by atoms with E-state index in [1.165, 1.54) is 6.07 Å². The molecule has 0 aliphatic heterocycles. The Bertz CT molecular complexity index is 546. The predicted molar refractivity (Wildman–Crippen MR) is 61.7 cm³/mol. The molecule has 2 aromatic carbocycles. The summed E-state index contributed by atoms with van der Waals surface area (Å²) >= 11 is 0. The quantitative estimate of drug-likeness (QED) is 0.806. The van der Waals surface area contributed by atoms with E-state index >= 15 is 0 Å². The molecule has 0 saturated heterocycles. The second-order valence-corrected chi connectivity index (χ2v) is 4.09. The first kappa shape index (κ1) is 11.9. The van der Waals surface area contributed by atoms with Gasteiger partial charge in [0.25, 0.3) is 0 Å². The Labute approximate surface area is 97.0 Å². The van der Waals surface area contributed by atoms with Crippen LogP contribution in [0.1, 0.15) is 17.2 Å². The predicted octanol–water partition coefficient (Wildman–Crippen LogP) is 3.71. The molecule has 2 N–H and O–H groups in total. The van der Waals surface area contributed by atoms with E-state index in [-0.39, 0.29) is 5.56 Å². The Morgan fingerprint density at radius 2 is 1.82 bits per heavy atom. The summed E-state index contributed by atoms with van der Waals surface area (Å²) in [4.78, 5) is 0. The molecular weight excluding hydrogens is 227 g/mol. The largest absolute Gasteiger partial charge is 0.407 e. The first-order valence-electron chi connectivity index (χ1n) is 5.21. The van der Waals surface area contributed by atoms with Gasteiger partial charge in [0.1, 0.15) is 6.04 Å². The molecule has 17 heavy (non-hydrogen) atoms. The van der Waals surface area contributed by atoms with Gasteiger partial charge >= 0.3 is 6.18 Å². The zero-order valence-corrected chi connectivity index (χ0v) is 9.25. The van der Waals surface area contributed by atoms with Gasteiger partial charge < -0.3 is 5.73 Å². The summed E-state index contributed by atoms with van der Waals surface area (Å²) in [7, 11) is 0. The fourth-order valence-corrected chi connectivity index (χ4v) is 1.86. The third kappa shape index (κ3) is 2.26. The van der Waals surface area contributed by atoms with Crippen LogP contribution in [0.15, 0.2) is 36.4 Å². The maximum absolute atomic E-state index is 12.6. The Morgan fingerprint density at radius 3 is 2.47 bits per heavy atom. The van der Waals surface area contributed by atoms with Gasteiger partial charge in [0.15, 0.2) is 0 Å². The van der Waals surface area contributed by atoms with Crippen LogP contribution in [0.25, 0.3) is 10.8 Å². The molecule has 0 fully saturated rings. The first-order valence-corrected chi connectivity index (χ1v) is 5.21. The monoisotopic (exact) mass is 239 g/mol. The van der Waals surface area contributed by atoms with Gasteiger partial charge in [0, 0.05) is 0 Å². The number of halogens is 3. The summed E-state index contributed by atoms with van der Waals surface area (Å²) < 4.78 is 37.9. The highest BCUT2D eigenvalue weighted by Crippen LogP contribution is 2.34. The third-order valence-corrected chi connectivity index (χ3v) is 2.76. The molecule has 0 spiro atoms. The van der Waals surface area contributed by atoms with Gasteiger partial charge in [-0.25, -0.2) is 0 Å². The van der Waals surface area contributed by atoms with Crippen LogP contribution in [0.4, 0.5) is 13.2 Å². The van der Waals surface area contributed by atoms with Gasteiger partial charge in [-0.15, -0.1) is 0 Å². The van der Waals surface area contributed by atoms with Crippen molar-refractivity contribution in [1.29, 1.82) is 0 Å². The average molecular weight is 239 g/mol. The standard InChI is InChI=1S/C13H12F3N/c1-8-5-6-9-3-2-4-10(11(9)7-8)12(17)13(14,15)16/h2-7,12H,17H2,1H3/t12-/m0/s1. The van der Waals surface area contributed by atoms with Crippen LogP contribution in [0, 0.1) is 6.92 Å². The zero-order valence-electron chi connectivity index (χ0n) is 9.25. The Kier molecular flexibility index (Phi) is 2.83. The lowest BCUT2D eigenvalue weighted by molar-refractivity contribution is -0.148. The zero-order chi connectivity index (χ0) is 12.6. The molecule has 0 aromatic heterocycles. The molecule has 0 saturated carbocycles. The number of fused-ring (bicyclic) bond motifs is 1. The van der Waals surface area contributed by atoms with E-state index < -0.39 is 12.2 Å². The Balaban J connectivity index is 2.65. The lowest BCUT2D eigenvalue weighted by Gasteiger charge is -2.18. The highest BCUT2D eigenvalue weighted by Gasteiger charge is 2.38. The van der Waals surface area contributed by atoms with Gasteiger partial charge in [-0.05, 0) is 23.3 Å². The van der Waals surface area contributed by atoms with Gasteiger partial charge in [-0.2, -0.15) is 13.2 Å². The number of hydrogen-bond acceptors (Lipinski definition) is 1. The lowest BCUT2D eigenvalue weighted by Crippen LogP contribution is -2.28. The van der Waals surface area contributed by atoms with E-state index in [0.29, 0.717) is 5.39 Å². The molecular formula is C13H12F3N. The normalized spacial score (nSPS) is 13.9. The maximum Gasteiger partial charge on any atom is 0.407 e. The van der Waals surface area contributed by atoms with Crippen molar-refractivity contribution in [2.75, 3.05) is 0 Å². The molecule has 0 radical (unpaired) electrons. The molecule has 1 atom stereocenters. The summed E-state index contributed by atoms with van der Waals surface area (Å²) in [5.41, 5.74) is 6.30.